The number of carbonyl (C=O) groups excluding carboxylic acids is 1. The lowest BCUT2D eigenvalue weighted by atomic mass is 9.89. The number of rotatable bonds is 7. The smallest absolute Gasteiger partial charge is 0.226 e. The maximum atomic E-state index is 13.3. The van der Waals surface area contributed by atoms with Crippen LogP contribution in [0, 0.1) is 11.8 Å². The minimum Gasteiger partial charge on any atom is -0.494 e. The predicted octanol–water partition coefficient (Wildman–Crippen LogP) is 4.78. The van der Waals surface area contributed by atoms with Gasteiger partial charge >= 0.3 is 0 Å². The first-order chi connectivity index (χ1) is 15.2. The van der Waals surface area contributed by atoms with Crippen molar-refractivity contribution in [2.75, 3.05) is 32.8 Å². The van der Waals surface area contributed by atoms with Crippen molar-refractivity contribution in [3.63, 3.8) is 0 Å². The van der Waals surface area contributed by atoms with Gasteiger partial charge in [0.15, 0.2) is 0 Å². The number of benzene rings is 2. The van der Waals surface area contributed by atoms with E-state index in [0.717, 1.165) is 70.6 Å². The molecule has 166 valence electrons. The zero-order valence-electron chi connectivity index (χ0n) is 18.8. The van der Waals surface area contributed by atoms with Crippen molar-refractivity contribution in [2.24, 2.45) is 11.8 Å². The number of hydrogen-bond acceptors (Lipinski definition) is 3. The molecule has 2 aliphatic rings. The molecule has 0 saturated carbocycles. The first-order valence-corrected chi connectivity index (χ1v) is 12.0. The average Bonchev–Trinajstić information content (AvgIpc) is 2.81. The summed E-state index contributed by atoms with van der Waals surface area (Å²) in [4.78, 5) is 17.8. The van der Waals surface area contributed by atoms with Crippen LogP contribution in [0.25, 0.3) is 0 Å². The Hall–Kier alpha value is -2.33. The Bertz CT molecular complexity index is 830. The molecule has 2 saturated heterocycles. The molecular formula is C27H36N2O2. The Labute approximate surface area is 187 Å². The zero-order chi connectivity index (χ0) is 21.5. The van der Waals surface area contributed by atoms with Crippen LogP contribution in [0.4, 0.5) is 0 Å². The van der Waals surface area contributed by atoms with Gasteiger partial charge in [-0.1, -0.05) is 48.5 Å². The first kappa shape index (κ1) is 21.9. The molecule has 0 aromatic heterocycles. The predicted molar refractivity (Wildman–Crippen MR) is 125 cm³/mol. The number of piperidine rings is 2. The van der Waals surface area contributed by atoms with Crippen LogP contribution in [0.15, 0.2) is 54.6 Å². The molecule has 1 atom stereocenters. The summed E-state index contributed by atoms with van der Waals surface area (Å²) in [6.07, 6.45) is 5.50. The molecule has 4 rings (SSSR count). The lowest BCUT2D eigenvalue weighted by molar-refractivity contribution is -0.138. The summed E-state index contributed by atoms with van der Waals surface area (Å²) in [6, 6.07) is 19.1. The third kappa shape index (κ3) is 5.88. The van der Waals surface area contributed by atoms with E-state index in [1.807, 2.05) is 19.1 Å². The van der Waals surface area contributed by atoms with Crippen molar-refractivity contribution >= 4 is 5.91 Å². The topological polar surface area (TPSA) is 32.8 Å². The molecule has 4 heteroatoms. The molecule has 1 unspecified atom stereocenters. The minimum atomic E-state index is 0.138. The van der Waals surface area contributed by atoms with Crippen LogP contribution in [0.2, 0.25) is 0 Å². The molecule has 0 N–H and O–H groups in total. The fourth-order valence-corrected chi connectivity index (χ4v) is 5.14. The van der Waals surface area contributed by atoms with Gasteiger partial charge in [0.25, 0.3) is 0 Å². The van der Waals surface area contributed by atoms with Crippen LogP contribution in [0.1, 0.15) is 43.7 Å². The van der Waals surface area contributed by atoms with E-state index < -0.39 is 0 Å². The van der Waals surface area contributed by atoms with E-state index in [1.165, 1.54) is 11.1 Å². The fourth-order valence-electron chi connectivity index (χ4n) is 5.14. The SMILES string of the molecule is CCOc1ccccc1CN1CCCC(C(=O)N2CCC(Cc3ccccc3)CC2)C1. The fraction of sp³-hybridized carbons (Fsp3) is 0.519. The van der Waals surface area contributed by atoms with Crippen LogP contribution in [0.5, 0.6) is 5.75 Å². The van der Waals surface area contributed by atoms with Crippen LogP contribution in [0.3, 0.4) is 0 Å². The lowest BCUT2D eigenvalue weighted by Crippen LogP contribution is -2.47. The van der Waals surface area contributed by atoms with Crippen molar-refractivity contribution < 1.29 is 9.53 Å². The van der Waals surface area contributed by atoms with E-state index in [4.69, 9.17) is 4.74 Å². The zero-order valence-corrected chi connectivity index (χ0v) is 18.8. The lowest BCUT2D eigenvalue weighted by Gasteiger charge is -2.38. The van der Waals surface area contributed by atoms with Gasteiger partial charge in [0.2, 0.25) is 5.91 Å². The summed E-state index contributed by atoms with van der Waals surface area (Å²) < 4.78 is 5.80. The van der Waals surface area contributed by atoms with Gasteiger partial charge in [-0.3, -0.25) is 9.69 Å². The number of ether oxygens (including phenoxy) is 1. The highest BCUT2D eigenvalue weighted by Gasteiger charge is 2.31. The molecule has 2 heterocycles. The highest BCUT2D eigenvalue weighted by atomic mass is 16.5. The van der Waals surface area contributed by atoms with Gasteiger partial charge in [-0.05, 0) is 63.1 Å². The van der Waals surface area contributed by atoms with E-state index in [1.54, 1.807) is 0 Å². The third-order valence-electron chi connectivity index (χ3n) is 6.81. The Morgan fingerprint density at radius 2 is 1.71 bits per heavy atom. The Morgan fingerprint density at radius 3 is 2.48 bits per heavy atom. The van der Waals surface area contributed by atoms with Crippen LogP contribution >= 0.6 is 0 Å². The summed E-state index contributed by atoms with van der Waals surface area (Å²) >= 11 is 0. The van der Waals surface area contributed by atoms with Gasteiger partial charge in [-0.2, -0.15) is 0 Å². The molecular weight excluding hydrogens is 384 g/mol. The largest absolute Gasteiger partial charge is 0.494 e. The van der Waals surface area contributed by atoms with Crippen molar-refractivity contribution in [2.45, 2.75) is 45.6 Å². The molecule has 0 bridgehead atoms. The van der Waals surface area contributed by atoms with Crippen LogP contribution in [-0.2, 0) is 17.8 Å². The number of nitrogens with zero attached hydrogens (tertiary/aromatic N) is 2. The Kier molecular flexibility index (Phi) is 7.63. The van der Waals surface area contributed by atoms with Crippen LogP contribution in [-0.4, -0.2) is 48.5 Å². The first-order valence-electron chi connectivity index (χ1n) is 12.0. The van der Waals surface area contributed by atoms with Crippen LogP contribution < -0.4 is 4.74 Å². The van der Waals surface area contributed by atoms with Crippen molar-refractivity contribution in [1.29, 1.82) is 0 Å². The monoisotopic (exact) mass is 420 g/mol. The second-order valence-electron chi connectivity index (χ2n) is 9.07. The number of amides is 1. The molecule has 0 aliphatic carbocycles. The third-order valence-corrected chi connectivity index (χ3v) is 6.81. The summed E-state index contributed by atoms with van der Waals surface area (Å²) in [6.45, 7) is 7.32. The van der Waals surface area contributed by atoms with E-state index in [2.05, 4.69) is 52.3 Å². The second kappa shape index (κ2) is 10.8. The number of para-hydroxylation sites is 1. The summed E-state index contributed by atoms with van der Waals surface area (Å²) in [5, 5.41) is 0. The highest BCUT2D eigenvalue weighted by molar-refractivity contribution is 5.79. The standard InChI is InChI=1S/C27H36N2O2/c1-2-31-26-13-7-6-11-24(26)20-28-16-8-12-25(21-28)27(30)29-17-14-23(15-18-29)19-22-9-4-3-5-10-22/h3-7,9-11,13,23,25H,2,8,12,14-21H2,1H3. The summed E-state index contributed by atoms with van der Waals surface area (Å²) in [5.74, 6) is 2.18. The van der Waals surface area contributed by atoms with E-state index in [-0.39, 0.29) is 5.92 Å². The maximum Gasteiger partial charge on any atom is 0.226 e. The van der Waals surface area contributed by atoms with Crippen molar-refractivity contribution in [3.8, 4) is 5.75 Å². The van der Waals surface area contributed by atoms with E-state index >= 15 is 0 Å². The highest BCUT2D eigenvalue weighted by Crippen LogP contribution is 2.27. The normalized spacial score (nSPS) is 20.5. The van der Waals surface area contributed by atoms with Crippen molar-refractivity contribution in [1.82, 2.24) is 9.80 Å². The molecule has 2 aromatic carbocycles. The summed E-state index contributed by atoms with van der Waals surface area (Å²) in [5.41, 5.74) is 2.64. The number of hydrogen-bond donors (Lipinski definition) is 0. The van der Waals surface area contributed by atoms with Gasteiger partial charge in [0.1, 0.15) is 5.75 Å². The molecule has 2 aromatic rings. The van der Waals surface area contributed by atoms with E-state index in [0.29, 0.717) is 18.4 Å². The van der Waals surface area contributed by atoms with E-state index in [9.17, 15) is 4.79 Å². The molecule has 4 nitrogen and oxygen atoms in total. The number of carbonyl (C=O) groups is 1. The maximum absolute atomic E-state index is 13.3. The molecule has 1 amide bonds. The average molecular weight is 421 g/mol. The Balaban J connectivity index is 1.28. The second-order valence-corrected chi connectivity index (χ2v) is 9.07. The van der Waals surface area contributed by atoms with Gasteiger partial charge in [-0.15, -0.1) is 0 Å². The van der Waals surface area contributed by atoms with Gasteiger partial charge in [0.05, 0.1) is 12.5 Å². The quantitative estimate of drug-likeness (QED) is 0.646. The number of likely N-dealkylation sites (tertiary alicyclic amines) is 2. The minimum absolute atomic E-state index is 0.138. The molecule has 0 spiro atoms. The Morgan fingerprint density at radius 1 is 0.968 bits per heavy atom. The van der Waals surface area contributed by atoms with Gasteiger partial charge in [0, 0.05) is 31.7 Å². The van der Waals surface area contributed by atoms with Gasteiger partial charge in [-0.25, -0.2) is 0 Å². The molecule has 31 heavy (non-hydrogen) atoms. The van der Waals surface area contributed by atoms with Crippen molar-refractivity contribution in [3.05, 3.63) is 65.7 Å². The molecule has 0 radical (unpaired) electrons. The summed E-state index contributed by atoms with van der Waals surface area (Å²) in [7, 11) is 0. The molecule has 2 aliphatic heterocycles. The molecule has 2 fully saturated rings. The van der Waals surface area contributed by atoms with Gasteiger partial charge < -0.3 is 9.64 Å².